The van der Waals surface area contributed by atoms with Gasteiger partial charge in [-0.25, -0.2) is 0 Å². The Morgan fingerprint density at radius 2 is 2.20 bits per heavy atom. The van der Waals surface area contributed by atoms with E-state index in [2.05, 4.69) is 4.74 Å². The smallest absolute Gasteiger partial charge is 0.323 e. The fourth-order valence-electron chi connectivity index (χ4n) is 1.50. The molecule has 0 radical (unpaired) electrons. The predicted molar refractivity (Wildman–Crippen MR) is 55.3 cm³/mol. The number of rotatable bonds is 4. The fourth-order valence-corrected chi connectivity index (χ4v) is 1.50. The first kappa shape index (κ1) is 12.0. The van der Waals surface area contributed by atoms with Gasteiger partial charge in [0.25, 0.3) is 0 Å². The van der Waals surface area contributed by atoms with Gasteiger partial charge in [-0.15, -0.1) is 0 Å². The molecule has 0 spiro atoms. The van der Waals surface area contributed by atoms with E-state index in [4.69, 9.17) is 0 Å². The van der Waals surface area contributed by atoms with Crippen LogP contribution in [0.25, 0.3) is 0 Å². The van der Waals surface area contributed by atoms with Crippen LogP contribution in [0.3, 0.4) is 0 Å². The first-order chi connectivity index (χ1) is 7.10. The second-order valence-electron chi connectivity index (χ2n) is 3.71. The Hall–Kier alpha value is -1.10. The first-order valence-electron chi connectivity index (χ1n) is 5.16. The highest BCUT2D eigenvalue weighted by molar-refractivity contribution is 5.81. The third-order valence-electron chi connectivity index (χ3n) is 2.84. The summed E-state index contributed by atoms with van der Waals surface area (Å²) in [7, 11) is 3.13. The van der Waals surface area contributed by atoms with E-state index in [1.54, 1.807) is 11.9 Å². The lowest BCUT2D eigenvalue weighted by molar-refractivity contribution is -0.153. The molecule has 15 heavy (non-hydrogen) atoms. The summed E-state index contributed by atoms with van der Waals surface area (Å²) in [6.07, 6.45) is 0.787. The number of hydrogen-bond donors (Lipinski definition) is 0. The molecular weight excluding hydrogens is 196 g/mol. The standard InChI is InChI=1S/C10H18N2O3/c1-4-11(2)9(13)7-12-6-5-8(12)10(14)15-3/h8H,4-7H2,1-3H3. The molecule has 0 aliphatic carbocycles. The van der Waals surface area contributed by atoms with Crippen molar-refractivity contribution in [2.75, 3.05) is 33.8 Å². The van der Waals surface area contributed by atoms with E-state index in [9.17, 15) is 9.59 Å². The van der Waals surface area contributed by atoms with E-state index < -0.39 is 0 Å². The number of carbonyl (C=O) groups excluding carboxylic acids is 2. The number of methoxy groups -OCH3 is 1. The normalized spacial score (nSPS) is 20.6. The Kier molecular flexibility index (Phi) is 4.08. The summed E-state index contributed by atoms with van der Waals surface area (Å²) in [6, 6.07) is -0.218. The van der Waals surface area contributed by atoms with Gasteiger partial charge in [-0.2, -0.15) is 0 Å². The third kappa shape index (κ3) is 2.68. The summed E-state index contributed by atoms with van der Waals surface area (Å²) in [5.74, 6) is -0.195. The lowest BCUT2D eigenvalue weighted by Crippen LogP contribution is -2.55. The van der Waals surface area contributed by atoms with Crippen molar-refractivity contribution in [2.24, 2.45) is 0 Å². The minimum atomic E-state index is -0.242. The second kappa shape index (κ2) is 5.11. The van der Waals surface area contributed by atoms with Crippen LogP contribution in [0, 0.1) is 0 Å². The van der Waals surface area contributed by atoms with E-state index in [0.717, 1.165) is 13.0 Å². The van der Waals surface area contributed by atoms with Crippen molar-refractivity contribution in [3.05, 3.63) is 0 Å². The Morgan fingerprint density at radius 1 is 1.53 bits per heavy atom. The molecule has 1 heterocycles. The summed E-state index contributed by atoms with van der Waals surface area (Å²) in [4.78, 5) is 26.3. The van der Waals surface area contributed by atoms with Crippen molar-refractivity contribution in [3.63, 3.8) is 0 Å². The number of amides is 1. The van der Waals surface area contributed by atoms with Crippen LogP contribution in [-0.4, -0.2) is 61.5 Å². The van der Waals surface area contributed by atoms with Crippen LogP contribution in [0.15, 0.2) is 0 Å². The summed E-state index contributed by atoms with van der Waals surface area (Å²) >= 11 is 0. The van der Waals surface area contributed by atoms with E-state index >= 15 is 0 Å². The summed E-state index contributed by atoms with van der Waals surface area (Å²) in [6.45, 7) is 3.72. The number of nitrogens with zero attached hydrogens (tertiary/aromatic N) is 2. The third-order valence-corrected chi connectivity index (χ3v) is 2.84. The highest BCUT2D eigenvalue weighted by atomic mass is 16.5. The van der Waals surface area contributed by atoms with Crippen LogP contribution in [-0.2, 0) is 14.3 Å². The zero-order chi connectivity index (χ0) is 11.4. The van der Waals surface area contributed by atoms with Gasteiger partial charge in [0.1, 0.15) is 6.04 Å². The Morgan fingerprint density at radius 3 is 2.60 bits per heavy atom. The average molecular weight is 214 g/mol. The topological polar surface area (TPSA) is 49.9 Å². The molecule has 1 rings (SSSR count). The lowest BCUT2D eigenvalue weighted by Gasteiger charge is -2.38. The number of hydrogen-bond acceptors (Lipinski definition) is 4. The van der Waals surface area contributed by atoms with Gasteiger partial charge < -0.3 is 9.64 Å². The van der Waals surface area contributed by atoms with Gasteiger partial charge in [-0.1, -0.05) is 0 Å². The van der Waals surface area contributed by atoms with E-state index in [-0.39, 0.29) is 17.9 Å². The zero-order valence-electron chi connectivity index (χ0n) is 9.52. The Labute approximate surface area is 90.0 Å². The molecule has 1 unspecified atom stereocenters. The largest absolute Gasteiger partial charge is 0.468 e. The monoisotopic (exact) mass is 214 g/mol. The molecule has 0 aromatic rings. The molecule has 0 bridgehead atoms. The maximum atomic E-state index is 11.6. The minimum absolute atomic E-state index is 0.0473. The molecule has 1 amide bonds. The van der Waals surface area contributed by atoms with Crippen molar-refractivity contribution >= 4 is 11.9 Å². The number of ether oxygens (including phenoxy) is 1. The van der Waals surface area contributed by atoms with Crippen LogP contribution in [0.2, 0.25) is 0 Å². The van der Waals surface area contributed by atoms with E-state index in [1.165, 1.54) is 7.11 Å². The van der Waals surface area contributed by atoms with Gasteiger partial charge in [0.05, 0.1) is 13.7 Å². The Balaban J connectivity index is 2.40. The Bertz CT molecular complexity index is 255. The summed E-state index contributed by atoms with van der Waals surface area (Å²) < 4.78 is 4.65. The number of likely N-dealkylation sites (tertiary alicyclic amines) is 1. The predicted octanol–water partition coefficient (Wildman–Crippen LogP) is -0.288. The van der Waals surface area contributed by atoms with Crippen LogP contribution < -0.4 is 0 Å². The van der Waals surface area contributed by atoms with Gasteiger partial charge in [-0.05, 0) is 13.3 Å². The fraction of sp³-hybridized carbons (Fsp3) is 0.800. The van der Waals surface area contributed by atoms with Crippen LogP contribution in [0.4, 0.5) is 0 Å². The molecule has 5 nitrogen and oxygen atoms in total. The molecule has 0 aromatic carbocycles. The molecule has 1 aliphatic rings. The van der Waals surface area contributed by atoms with Crippen molar-refractivity contribution in [1.82, 2.24) is 9.80 Å². The summed E-state index contributed by atoms with van der Waals surface area (Å²) in [5.41, 5.74) is 0. The highest BCUT2D eigenvalue weighted by Gasteiger charge is 2.36. The molecule has 0 saturated carbocycles. The van der Waals surface area contributed by atoms with Crippen LogP contribution in [0.5, 0.6) is 0 Å². The quantitative estimate of drug-likeness (QED) is 0.604. The molecule has 1 aliphatic heterocycles. The van der Waals surface area contributed by atoms with Gasteiger partial charge in [0.15, 0.2) is 0 Å². The molecule has 0 N–H and O–H groups in total. The van der Waals surface area contributed by atoms with Crippen molar-refractivity contribution < 1.29 is 14.3 Å². The van der Waals surface area contributed by atoms with Crippen molar-refractivity contribution in [3.8, 4) is 0 Å². The van der Waals surface area contributed by atoms with Gasteiger partial charge in [0.2, 0.25) is 5.91 Å². The van der Waals surface area contributed by atoms with E-state index in [0.29, 0.717) is 13.1 Å². The van der Waals surface area contributed by atoms with Crippen LogP contribution in [0.1, 0.15) is 13.3 Å². The first-order valence-corrected chi connectivity index (χ1v) is 5.16. The molecule has 1 saturated heterocycles. The summed E-state index contributed by atoms with van der Waals surface area (Å²) in [5, 5.41) is 0. The van der Waals surface area contributed by atoms with Gasteiger partial charge in [0, 0.05) is 20.1 Å². The molecule has 1 fully saturated rings. The molecule has 5 heteroatoms. The van der Waals surface area contributed by atoms with Gasteiger partial charge in [-0.3, -0.25) is 14.5 Å². The average Bonchev–Trinajstić information content (AvgIpc) is 2.22. The number of esters is 1. The second-order valence-corrected chi connectivity index (χ2v) is 3.71. The van der Waals surface area contributed by atoms with Gasteiger partial charge >= 0.3 is 5.97 Å². The minimum Gasteiger partial charge on any atom is -0.468 e. The molecule has 0 aromatic heterocycles. The molecule has 1 atom stereocenters. The maximum absolute atomic E-state index is 11.6. The number of likely N-dealkylation sites (N-methyl/N-ethyl adjacent to an activating group) is 1. The SMILES string of the molecule is CCN(C)C(=O)CN1CCC1C(=O)OC. The number of carbonyl (C=O) groups is 2. The van der Waals surface area contributed by atoms with Crippen molar-refractivity contribution in [2.45, 2.75) is 19.4 Å². The molecule has 86 valence electrons. The van der Waals surface area contributed by atoms with Crippen molar-refractivity contribution in [1.29, 1.82) is 0 Å². The molecular formula is C10H18N2O3. The highest BCUT2D eigenvalue weighted by Crippen LogP contribution is 2.17. The zero-order valence-corrected chi connectivity index (χ0v) is 9.52. The lowest BCUT2D eigenvalue weighted by atomic mass is 10.0. The maximum Gasteiger partial charge on any atom is 0.323 e. The van der Waals surface area contributed by atoms with E-state index in [1.807, 2.05) is 11.8 Å². The van der Waals surface area contributed by atoms with Crippen LogP contribution >= 0.6 is 0 Å².